The van der Waals surface area contributed by atoms with Gasteiger partial charge in [-0.3, -0.25) is 14.5 Å². The maximum atomic E-state index is 13.0. The van der Waals surface area contributed by atoms with Gasteiger partial charge in [-0.2, -0.15) is 0 Å². The van der Waals surface area contributed by atoms with Crippen molar-refractivity contribution in [3.8, 4) is 0 Å². The molecule has 1 saturated carbocycles. The number of hydrogen-bond acceptors (Lipinski definition) is 6. The Labute approximate surface area is 186 Å². The summed E-state index contributed by atoms with van der Waals surface area (Å²) in [7, 11) is 1.30. The number of carbonyl (C=O) groups is 4. The van der Waals surface area contributed by atoms with E-state index in [0.29, 0.717) is 41.7 Å². The number of imide groups is 1. The monoisotopic (exact) mass is 449 g/mol. The van der Waals surface area contributed by atoms with Gasteiger partial charge in [-0.25, -0.2) is 9.59 Å². The molecule has 3 rings (SSSR count). The maximum absolute atomic E-state index is 13.0. The van der Waals surface area contributed by atoms with Crippen molar-refractivity contribution < 1.29 is 23.9 Å². The zero-order valence-electron chi connectivity index (χ0n) is 18.6. The molecule has 9 heteroatoms. The Bertz CT molecular complexity index is 870. The van der Waals surface area contributed by atoms with Gasteiger partial charge in [0.1, 0.15) is 17.1 Å². The van der Waals surface area contributed by atoms with E-state index in [0.717, 1.165) is 29.7 Å². The highest BCUT2D eigenvalue weighted by atomic mass is 32.1. The van der Waals surface area contributed by atoms with Gasteiger partial charge in [0, 0.05) is 0 Å². The zero-order valence-corrected chi connectivity index (χ0v) is 19.4. The lowest BCUT2D eigenvalue weighted by atomic mass is 9.75. The molecule has 0 bridgehead atoms. The molecule has 0 unspecified atom stereocenters. The molecule has 2 heterocycles. The highest BCUT2D eigenvalue weighted by Gasteiger charge is 2.52. The highest BCUT2D eigenvalue weighted by Crippen LogP contribution is 2.37. The van der Waals surface area contributed by atoms with Gasteiger partial charge in [0.15, 0.2) is 0 Å². The van der Waals surface area contributed by atoms with Gasteiger partial charge in [0.05, 0.1) is 12.7 Å². The smallest absolute Gasteiger partial charge is 0.341 e. The van der Waals surface area contributed by atoms with E-state index in [1.807, 2.05) is 19.2 Å². The van der Waals surface area contributed by atoms with Crippen LogP contribution < -0.4 is 10.6 Å². The molecule has 170 valence electrons. The maximum Gasteiger partial charge on any atom is 0.341 e. The van der Waals surface area contributed by atoms with Crippen molar-refractivity contribution in [3.63, 3.8) is 0 Å². The standard InChI is InChI=1S/C22H31N3O5S/c1-5-14-6-8-22(9-7-14)20(28)25(21(29)24-22)11-16(26)23-18-17(19(27)30-4)15(12-31-18)10-13(2)3/h12-14H,5-11H2,1-4H3,(H,23,26)(H,24,29). The summed E-state index contributed by atoms with van der Waals surface area (Å²) in [5.41, 5.74) is 0.262. The van der Waals surface area contributed by atoms with Crippen LogP contribution in [0.1, 0.15) is 68.8 Å². The van der Waals surface area contributed by atoms with Crippen LogP contribution in [0.4, 0.5) is 9.80 Å². The summed E-state index contributed by atoms with van der Waals surface area (Å²) in [5.74, 6) is -0.475. The number of hydrogen-bond donors (Lipinski definition) is 2. The van der Waals surface area contributed by atoms with E-state index in [-0.39, 0.29) is 12.5 Å². The third kappa shape index (κ3) is 4.76. The van der Waals surface area contributed by atoms with Crippen LogP contribution >= 0.6 is 11.3 Å². The van der Waals surface area contributed by atoms with E-state index in [9.17, 15) is 19.2 Å². The quantitative estimate of drug-likeness (QED) is 0.489. The molecule has 0 atom stereocenters. The fourth-order valence-corrected chi connectivity index (χ4v) is 5.43. The lowest BCUT2D eigenvalue weighted by molar-refractivity contribution is -0.135. The van der Waals surface area contributed by atoms with Crippen molar-refractivity contribution in [2.24, 2.45) is 11.8 Å². The first-order chi connectivity index (χ1) is 14.7. The number of rotatable bonds is 7. The van der Waals surface area contributed by atoms with Crippen LogP contribution in [0.25, 0.3) is 0 Å². The van der Waals surface area contributed by atoms with Gasteiger partial charge in [0.25, 0.3) is 5.91 Å². The van der Waals surface area contributed by atoms with Gasteiger partial charge < -0.3 is 15.4 Å². The number of nitrogens with zero attached hydrogens (tertiary/aromatic N) is 1. The zero-order chi connectivity index (χ0) is 22.8. The number of esters is 1. The number of methoxy groups -OCH3 is 1. The minimum Gasteiger partial charge on any atom is -0.465 e. The average Bonchev–Trinajstić information content (AvgIpc) is 3.21. The summed E-state index contributed by atoms with van der Waals surface area (Å²) in [5, 5.41) is 7.74. The van der Waals surface area contributed by atoms with E-state index in [1.165, 1.54) is 18.4 Å². The first-order valence-corrected chi connectivity index (χ1v) is 11.7. The molecule has 2 N–H and O–H groups in total. The van der Waals surface area contributed by atoms with Gasteiger partial charge in [0.2, 0.25) is 5.91 Å². The molecular formula is C22H31N3O5S. The van der Waals surface area contributed by atoms with E-state index in [1.54, 1.807) is 0 Å². The molecule has 8 nitrogen and oxygen atoms in total. The van der Waals surface area contributed by atoms with Crippen LogP contribution in [-0.2, 0) is 20.7 Å². The van der Waals surface area contributed by atoms with Crippen molar-refractivity contribution in [2.45, 2.75) is 64.8 Å². The van der Waals surface area contributed by atoms with Crippen LogP contribution in [0.15, 0.2) is 5.38 Å². The molecule has 1 saturated heterocycles. The number of thiophene rings is 1. The molecule has 1 aliphatic heterocycles. The molecule has 1 spiro atoms. The van der Waals surface area contributed by atoms with E-state index < -0.39 is 23.4 Å². The topological polar surface area (TPSA) is 105 Å². The van der Waals surface area contributed by atoms with Gasteiger partial charge in [-0.05, 0) is 54.9 Å². The first-order valence-electron chi connectivity index (χ1n) is 10.8. The molecular weight excluding hydrogens is 418 g/mol. The van der Waals surface area contributed by atoms with Crippen molar-refractivity contribution in [2.75, 3.05) is 19.0 Å². The van der Waals surface area contributed by atoms with Crippen molar-refractivity contribution >= 4 is 40.2 Å². The second-order valence-corrected chi connectivity index (χ2v) is 9.74. The first kappa shape index (κ1) is 23.2. The Morgan fingerprint density at radius 2 is 2.00 bits per heavy atom. The fraction of sp³-hybridized carbons (Fsp3) is 0.636. The molecule has 4 amide bonds. The summed E-state index contributed by atoms with van der Waals surface area (Å²) in [6.07, 6.45) is 4.71. The van der Waals surface area contributed by atoms with Crippen LogP contribution in [-0.4, -0.2) is 47.9 Å². The number of urea groups is 1. The molecule has 1 aromatic rings. The molecule has 1 aromatic heterocycles. The number of anilines is 1. The molecule has 0 aromatic carbocycles. The largest absolute Gasteiger partial charge is 0.465 e. The number of amides is 4. The van der Waals surface area contributed by atoms with E-state index in [2.05, 4.69) is 17.6 Å². The Balaban J connectivity index is 1.70. The molecule has 1 aliphatic carbocycles. The van der Waals surface area contributed by atoms with Crippen LogP contribution in [0.2, 0.25) is 0 Å². The van der Waals surface area contributed by atoms with Gasteiger partial charge in [-0.15, -0.1) is 11.3 Å². The minimum atomic E-state index is -0.881. The van der Waals surface area contributed by atoms with E-state index >= 15 is 0 Å². The third-order valence-electron chi connectivity index (χ3n) is 6.22. The summed E-state index contributed by atoms with van der Waals surface area (Å²) in [6, 6.07) is -0.532. The normalized spacial score (nSPS) is 23.4. The Hall–Kier alpha value is -2.42. The molecule has 31 heavy (non-hydrogen) atoms. The fourth-order valence-electron chi connectivity index (χ4n) is 4.45. The number of ether oxygens (including phenoxy) is 1. The SMILES string of the molecule is CCC1CCC2(CC1)NC(=O)N(CC(=O)Nc1scc(CC(C)C)c1C(=O)OC)C2=O. The van der Waals surface area contributed by atoms with Crippen LogP contribution in [0, 0.1) is 11.8 Å². The molecule has 2 aliphatic rings. The van der Waals surface area contributed by atoms with Crippen molar-refractivity contribution in [1.82, 2.24) is 10.2 Å². The van der Waals surface area contributed by atoms with Crippen LogP contribution in [0.5, 0.6) is 0 Å². The summed E-state index contributed by atoms with van der Waals surface area (Å²) >= 11 is 1.24. The average molecular weight is 450 g/mol. The summed E-state index contributed by atoms with van der Waals surface area (Å²) in [4.78, 5) is 51.5. The van der Waals surface area contributed by atoms with Crippen molar-refractivity contribution in [3.05, 3.63) is 16.5 Å². The minimum absolute atomic E-state index is 0.325. The Morgan fingerprint density at radius 3 is 2.58 bits per heavy atom. The number of carbonyl (C=O) groups excluding carboxylic acids is 4. The highest BCUT2D eigenvalue weighted by molar-refractivity contribution is 7.15. The summed E-state index contributed by atoms with van der Waals surface area (Å²) < 4.78 is 4.89. The molecule has 2 fully saturated rings. The van der Waals surface area contributed by atoms with Gasteiger partial charge >= 0.3 is 12.0 Å². The lowest BCUT2D eigenvalue weighted by Gasteiger charge is -2.34. The summed E-state index contributed by atoms with van der Waals surface area (Å²) in [6.45, 7) is 5.83. The lowest BCUT2D eigenvalue weighted by Crippen LogP contribution is -2.49. The second-order valence-electron chi connectivity index (χ2n) is 8.86. The predicted octanol–water partition coefficient (Wildman–Crippen LogP) is 3.56. The second kappa shape index (κ2) is 9.38. The Morgan fingerprint density at radius 1 is 1.32 bits per heavy atom. The van der Waals surface area contributed by atoms with Crippen molar-refractivity contribution in [1.29, 1.82) is 0 Å². The van der Waals surface area contributed by atoms with Gasteiger partial charge in [-0.1, -0.05) is 27.2 Å². The van der Waals surface area contributed by atoms with E-state index in [4.69, 9.17) is 4.74 Å². The third-order valence-corrected chi connectivity index (χ3v) is 7.17. The number of nitrogens with one attached hydrogen (secondary N) is 2. The van der Waals surface area contributed by atoms with Crippen LogP contribution in [0.3, 0.4) is 0 Å². The predicted molar refractivity (Wildman–Crippen MR) is 118 cm³/mol. The molecule has 0 radical (unpaired) electrons. The Kier molecular flexibility index (Phi) is 7.03.